The van der Waals surface area contributed by atoms with Gasteiger partial charge in [0, 0.05) is 23.2 Å². The topological polar surface area (TPSA) is 140 Å². The zero-order valence-corrected chi connectivity index (χ0v) is 16.3. The Morgan fingerprint density at radius 2 is 1.76 bits per heavy atom. The third kappa shape index (κ3) is 4.46. The first kappa shape index (κ1) is 19.7. The van der Waals surface area contributed by atoms with E-state index in [1.807, 2.05) is 18.2 Å². The van der Waals surface area contributed by atoms with Gasteiger partial charge in [-0.25, -0.2) is 0 Å². The van der Waals surface area contributed by atoms with Gasteiger partial charge in [0.2, 0.25) is 5.96 Å². The Morgan fingerprint density at radius 3 is 2.38 bits per heavy atom. The van der Waals surface area contributed by atoms with Crippen molar-refractivity contribution < 1.29 is 14.3 Å². The van der Waals surface area contributed by atoms with Crippen molar-refractivity contribution >= 4 is 34.2 Å². The number of benzene rings is 2. The van der Waals surface area contributed by atoms with Crippen LogP contribution < -0.4 is 26.3 Å². The molecule has 3 rings (SSSR count). The second-order valence-electron chi connectivity index (χ2n) is 6.22. The Labute approximate surface area is 167 Å². The van der Waals surface area contributed by atoms with Crippen LogP contribution in [0.4, 0.5) is 5.69 Å². The summed E-state index contributed by atoms with van der Waals surface area (Å²) in [4.78, 5) is 15.7. The van der Waals surface area contributed by atoms with Crippen molar-refractivity contribution in [1.29, 1.82) is 0 Å². The number of methoxy groups -OCH3 is 2. The van der Waals surface area contributed by atoms with Crippen LogP contribution in [-0.4, -0.2) is 36.8 Å². The number of carbonyl (C=O) groups is 1. The molecule has 0 saturated heterocycles. The van der Waals surface area contributed by atoms with E-state index in [-0.39, 0.29) is 11.9 Å². The molecular formula is C20H22N6O3. The molecule has 0 unspecified atom stereocenters. The quantitative estimate of drug-likeness (QED) is 0.289. The molecule has 0 aliphatic rings. The van der Waals surface area contributed by atoms with Crippen molar-refractivity contribution in [3.63, 3.8) is 0 Å². The Morgan fingerprint density at radius 1 is 1.03 bits per heavy atom. The summed E-state index contributed by atoms with van der Waals surface area (Å²) >= 11 is 0. The highest BCUT2D eigenvalue weighted by Gasteiger charge is 2.14. The normalized spacial score (nSPS) is 11.2. The van der Waals surface area contributed by atoms with E-state index in [9.17, 15) is 4.79 Å². The minimum atomic E-state index is -0.277. The summed E-state index contributed by atoms with van der Waals surface area (Å²) in [6.07, 6.45) is 0. The molecule has 0 aliphatic carbocycles. The summed E-state index contributed by atoms with van der Waals surface area (Å²) in [6, 6.07) is 12.5. The molecule has 6 N–H and O–H groups in total. The zero-order valence-electron chi connectivity index (χ0n) is 16.3. The number of nitrogens with zero attached hydrogens (tertiary/aromatic N) is 2. The van der Waals surface area contributed by atoms with Crippen molar-refractivity contribution in [2.24, 2.45) is 21.7 Å². The Hall–Kier alpha value is -4.01. The summed E-state index contributed by atoms with van der Waals surface area (Å²) in [6.45, 7) is 1.78. The molecule has 0 radical (unpaired) electrons. The molecule has 0 saturated carbocycles. The lowest BCUT2D eigenvalue weighted by molar-refractivity contribution is 0.102. The van der Waals surface area contributed by atoms with Gasteiger partial charge in [-0.3, -0.25) is 4.79 Å². The monoisotopic (exact) mass is 394 g/mol. The van der Waals surface area contributed by atoms with Crippen molar-refractivity contribution in [3.8, 4) is 11.5 Å². The summed E-state index contributed by atoms with van der Waals surface area (Å²) in [5.41, 5.74) is 13.8. The smallest absolute Gasteiger partial charge is 0.272 e. The second kappa shape index (κ2) is 8.34. The van der Waals surface area contributed by atoms with E-state index >= 15 is 0 Å². The minimum absolute atomic E-state index is 0.110. The number of hydrogen-bond acceptors (Lipinski definition) is 5. The lowest BCUT2D eigenvalue weighted by atomic mass is 10.1. The van der Waals surface area contributed by atoms with Gasteiger partial charge in [-0.05, 0) is 30.7 Å². The van der Waals surface area contributed by atoms with Gasteiger partial charge in [-0.1, -0.05) is 12.1 Å². The molecule has 9 nitrogen and oxygen atoms in total. The molecule has 0 fully saturated rings. The van der Waals surface area contributed by atoms with E-state index in [0.717, 1.165) is 16.5 Å². The largest absolute Gasteiger partial charge is 0.497 e. The number of guanidine groups is 1. The predicted octanol–water partition coefficient (Wildman–Crippen LogP) is 2.43. The lowest BCUT2D eigenvalue weighted by Gasteiger charge is -2.05. The summed E-state index contributed by atoms with van der Waals surface area (Å²) in [5, 5.41) is 11.2. The van der Waals surface area contributed by atoms with Crippen molar-refractivity contribution in [2.75, 3.05) is 19.5 Å². The fraction of sp³-hybridized carbons (Fsp3) is 0.150. The van der Waals surface area contributed by atoms with Gasteiger partial charge < -0.3 is 31.2 Å². The van der Waals surface area contributed by atoms with Gasteiger partial charge in [0.15, 0.2) is 0 Å². The number of nitrogens with one attached hydrogen (secondary N) is 2. The molecule has 0 bridgehead atoms. The molecule has 0 aliphatic heterocycles. The molecule has 150 valence electrons. The number of carbonyl (C=O) groups excluding carboxylic acids is 1. The number of aromatic nitrogens is 1. The third-order valence-electron chi connectivity index (χ3n) is 4.25. The average Bonchev–Trinajstić information content (AvgIpc) is 3.16. The maximum absolute atomic E-state index is 12.7. The number of hydrogen-bond donors (Lipinski definition) is 4. The lowest BCUT2D eigenvalue weighted by Crippen LogP contribution is -2.22. The maximum atomic E-state index is 12.7. The zero-order chi connectivity index (χ0) is 21.0. The fourth-order valence-corrected chi connectivity index (χ4v) is 2.77. The Kier molecular flexibility index (Phi) is 5.68. The molecule has 0 atom stereocenters. The van der Waals surface area contributed by atoms with Crippen LogP contribution in [0.15, 0.2) is 52.7 Å². The van der Waals surface area contributed by atoms with Crippen LogP contribution >= 0.6 is 0 Å². The van der Waals surface area contributed by atoms with Crippen molar-refractivity contribution in [3.05, 3.63) is 53.7 Å². The van der Waals surface area contributed by atoms with Gasteiger partial charge in [0.05, 0.1) is 25.4 Å². The molecule has 0 spiro atoms. The van der Waals surface area contributed by atoms with Gasteiger partial charge >= 0.3 is 0 Å². The fourth-order valence-electron chi connectivity index (χ4n) is 2.77. The number of H-pyrrole nitrogens is 1. The van der Waals surface area contributed by atoms with Crippen LogP contribution in [0.5, 0.6) is 11.5 Å². The first-order valence-corrected chi connectivity index (χ1v) is 8.71. The number of nitrogens with two attached hydrogens (primary N) is 2. The number of fused-ring (bicyclic) bond motifs is 1. The van der Waals surface area contributed by atoms with Gasteiger partial charge in [0.1, 0.15) is 17.2 Å². The molecule has 29 heavy (non-hydrogen) atoms. The van der Waals surface area contributed by atoms with E-state index in [1.54, 1.807) is 45.4 Å². The number of anilines is 1. The third-order valence-corrected chi connectivity index (χ3v) is 4.25. The van der Waals surface area contributed by atoms with Crippen molar-refractivity contribution in [1.82, 2.24) is 4.98 Å². The highest BCUT2D eigenvalue weighted by atomic mass is 16.5. The van der Waals surface area contributed by atoms with Crippen LogP contribution in [0.1, 0.15) is 23.0 Å². The summed E-state index contributed by atoms with van der Waals surface area (Å²) in [5.74, 6) is 0.868. The van der Waals surface area contributed by atoms with E-state index in [0.29, 0.717) is 28.6 Å². The SMILES string of the molecule is COc1cc(OC)c2cc(C(=O)Nc3ccc(/C(C)=N\N=C(N)N)cc3)[nH]c2c1. The Bertz CT molecular complexity index is 1100. The van der Waals surface area contributed by atoms with Crippen LogP contribution in [-0.2, 0) is 0 Å². The molecule has 3 aromatic rings. The molecule has 2 aromatic carbocycles. The summed E-state index contributed by atoms with van der Waals surface area (Å²) in [7, 11) is 3.14. The van der Waals surface area contributed by atoms with Crippen LogP contribution in [0, 0.1) is 0 Å². The van der Waals surface area contributed by atoms with E-state index in [4.69, 9.17) is 20.9 Å². The average molecular weight is 394 g/mol. The van der Waals surface area contributed by atoms with Gasteiger partial charge in [-0.2, -0.15) is 5.10 Å². The number of amides is 1. The molecule has 9 heteroatoms. The van der Waals surface area contributed by atoms with Crippen LogP contribution in [0.3, 0.4) is 0 Å². The maximum Gasteiger partial charge on any atom is 0.272 e. The standard InChI is InChI=1S/C20H22N6O3/c1-11(25-26-20(21)22)12-4-6-13(7-5-12)23-19(27)17-10-15-16(24-17)8-14(28-2)9-18(15)29-3/h4-10,24H,1-3H3,(H,23,27)(H4,21,22,26)/b25-11-. The second-order valence-corrected chi connectivity index (χ2v) is 6.22. The van der Waals surface area contributed by atoms with Gasteiger partial charge in [0.25, 0.3) is 5.91 Å². The van der Waals surface area contributed by atoms with Crippen molar-refractivity contribution in [2.45, 2.75) is 6.92 Å². The Balaban J connectivity index is 1.80. The van der Waals surface area contributed by atoms with Crippen LogP contribution in [0.25, 0.3) is 10.9 Å². The van der Waals surface area contributed by atoms with E-state index in [2.05, 4.69) is 20.5 Å². The highest BCUT2D eigenvalue weighted by Crippen LogP contribution is 2.31. The predicted molar refractivity (Wildman–Crippen MR) is 114 cm³/mol. The number of ether oxygens (including phenoxy) is 2. The highest BCUT2D eigenvalue weighted by molar-refractivity contribution is 6.07. The number of rotatable bonds is 6. The van der Waals surface area contributed by atoms with E-state index in [1.165, 1.54) is 0 Å². The molecule has 1 amide bonds. The first-order valence-electron chi connectivity index (χ1n) is 8.71. The molecule has 1 heterocycles. The first-order chi connectivity index (χ1) is 13.9. The molecular weight excluding hydrogens is 372 g/mol. The van der Waals surface area contributed by atoms with Gasteiger partial charge in [-0.15, -0.1) is 5.10 Å². The minimum Gasteiger partial charge on any atom is -0.497 e. The molecule has 1 aromatic heterocycles. The summed E-state index contributed by atoms with van der Waals surface area (Å²) < 4.78 is 10.6. The van der Waals surface area contributed by atoms with E-state index < -0.39 is 0 Å². The van der Waals surface area contributed by atoms with Crippen LogP contribution in [0.2, 0.25) is 0 Å². The number of aromatic amines is 1.